The highest BCUT2D eigenvalue weighted by Crippen LogP contribution is 2.10. The Kier molecular flexibility index (Phi) is 6.21. The molecule has 0 bridgehead atoms. The second kappa shape index (κ2) is 8.15. The van der Waals surface area contributed by atoms with Crippen molar-refractivity contribution in [2.45, 2.75) is 32.2 Å². The van der Waals surface area contributed by atoms with Crippen molar-refractivity contribution < 1.29 is 4.79 Å². The first-order valence-corrected chi connectivity index (χ1v) is 7.96. The molecule has 1 saturated heterocycles. The first kappa shape index (κ1) is 16.0. The van der Waals surface area contributed by atoms with Crippen LogP contribution < -0.4 is 5.73 Å². The Balaban J connectivity index is 1.68. The molecular weight excluding hydrogens is 262 g/mol. The summed E-state index contributed by atoms with van der Waals surface area (Å²) in [6.07, 6.45) is 2.57. The van der Waals surface area contributed by atoms with E-state index in [1.807, 2.05) is 11.0 Å². The summed E-state index contributed by atoms with van der Waals surface area (Å²) in [5.74, 6) is 0.297. The molecule has 116 valence electrons. The number of rotatable bonds is 6. The number of nitrogens with zero attached hydrogens (tertiary/aromatic N) is 2. The molecular formula is C17H27N3O. The molecule has 0 saturated carbocycles. The van der Waals surface area contributed by atoms with E-state index in [4.69, 9.17) is 5.73 Å². The van der Waals surface area contributed by atoms with Crippen molar-refractivity contribution in [2.75, 3.05) is 32.7 Å². The summed E-state index contributed by atoms with van der Waals surface area (Å²) in [4.78, 5) is 16.6. The molecule has 0 spiro atoms. The molecule has 4 heteroatoms. The summed E-state index contributed by atoms with van der Waals surface area (Å²) in [5, 5.41) is 0. The van der Waals surface area contributed by atoms with Gasteiger partial charge in [0.05, 0.1) is 0 Å². The molecule has 1 heterocycles. The summed E-state index contributed by atoms with van der Waals surface area (Å²) in [6, 6.07) is 10.8. The Morgan fingerprint density at radius 3 is 2.48 bits per heavy atom. The molecule has 2 N–H and O–H groups in total. The average Bonchev–Trinajstić information content (AvgIpc) is 2.55. The smallest absolute Gasteiger partial charge is 0.222 e. The van der Waals surface area contributed by atoms with Crippen LogP contribution in [-0.4, -0.2) is 54.5 Å². The Bertz CT molecular complexity index is 427. The maximum atomic E-state index is 12.2. The molecule has 0 radical (unpaired) electrons. The highest BCUT2D eigenvalue weighted by atomic mass is 16.2. The summed E-state index contributed by atoms with van der Waals surface area (Å²) >= 11 is 0. The fraction of sp³-hybridized carbons (Fsp3) is 0.588. The van der Waals surface area contributed by atoms with Crippen LogP contribution in [0.4, 0.5) is 0 Å². The Labute approximate surface area is 127 Å². The molecule has 1 aromatic rings. The second-order valence-corrected chi connectivity index (χ2v) is 5.84. The SMILES string of the molecule is CC(CN)N1CCN(C(=O)CCCc2ccccc2)CC1. The van der Waals surface area contributed by atoms with Crippen LogP contribution in [0.3, 0.4) is 0 Å². The third-order valence-corrected chi connectivity index (χ3v) is 4.33. The molecule has 1 aromatic carbocycles. The van der Waals surface area contributed by atoms with Crippen molar-refractivity contribution in [2.24, 2.45) is 5.73 Å². The lowest BCUT2D eigenvalue weighted by molar-refractivity contribution is -0.133. The molecule has 1 amide bonds. The van der Waals surface area contributed by atoms with E-state index in [1.165, 1.54) is 5.56 Å². The van der Waals surface area contributed by atoms with Crippen LogP contribution >= 0.6 is 0 Å². The topological polar surface area (TPSA) is 49.6 Å². The van der Waals surface area contributed by atoms with Crippen LogP contribution in [0.5, 0.6) is 0 Å². The largest absolute Gasteiger partial charge is 0.340 e. The standard InChI is InChI=1S/C17H27N3O/c1-15(14-18)19-10-12-20(13-11-19)17(21)9-5-8-16-6-3-2-4-7-16/h2-4,6-7,15H,5,8-14,18H2,1H3. The van der Waals surface area contributed by atoms with Crippen molar-refractivity contribution >= 4 is 5.91 Å². The minimum atomic E-state index is 0.297. The highest BCUT2D eigenvalue weighted by molar-refractivity contribution is 5.76. The van der Waals surface area contributed by atoms with Gasteiger partial charge in [-0.1, -0.05) is 30.3 Å². The van der Waals surface area contributed by atoms with Gasteiger partial charge in [-0.3, -0.25) is 9.69 Å². The van der Waals surface area contributed by atoms with Crippen LogP contribution in [0.15, 0.2) is 30.3 Å². The van der Waals surface area contributed by atoms with Crippen molar-refractivity contribution in [1.29, 1.82) is 0 Å². The number of hydrogen-bond donors (Lipinski definition) is 1. The number of piperazine rings is 1. The molecule has 1 aliphatic rings. The van der Waals surface area contributed by atoms with Gasteiger partial charge in [0.2, 0.25) is 5.91 Å². The van der Waals surface area contributed by atoms with Gasteiger partial charge < -0.3 is 10.6 Å². The summed E-state index contributed by atoms with van der Waals surface area (Å²) in [6.45, 7) is 6.41. The van der Waals surface area contributed by atoms with Crippen LogP contribution in [0.1, 0.15) is 25.3 Å². The monoisotopic (exact) mass is 289 g/mol. The number of hydrogen-bond acceptors (Lipinski definition) is 3. The maximum absolute atomic E-state index is 12.2. The van der Waals surface area contributed by atoms with Gasteiger partial charge in [-0.2, -0.15) is 0 Å². The van der Waals surface area contributed by atoms with Gasteiger partial charge in [0.15, 0.2) is 0 Å². The van der Waals surface area contributed by atoms with Crippen LogP contribution in [-0.2, 0) is 11.2 Å². The van der Waals surface area contributed by atoms with E-state index in [-0.39, 0.29) is 0 Å². The first-order chi connectivity index (χ1) is 10.2. The zero-order chi connectivity index (χ0) is 15.1. The highest BCUT2D eigenvalue weighted by Gasteiger charge is 2.22. The number of aryl methyl sites for hydroxylation is 1. The third kappa shape index (κ3) is 4.83. The molecule has 0 aliphatic carbocycles. The van der Waals surface area contributed by atoms with Gasteiger partial charge >= 0.3 is 0 Å². The fourth-order valence-corrected chi connectivity index (χ4v) is 2.81. The Morgan fingerprint density at radius 1 is 1.19 bits per heavy atom. The lowest BCUT2D eigenvalue weighted by atomic mass is 10.1. The summed E-state index contributed by atoms with van der Waals surface area (Å²) in [5.41, 5.74) is 7.01. The zero-order valence-electron chi connectivity index (χ0n) is 13.0. The van der Waals surface area contributed by atoms with Crippen molar-refractivity contribution in [3.05, 3.63) is 35.9 Å². The van der Waals surface area contributed by atoms with E-state index in [2.05, 4.69) is 36.1 Å². The number of carbonyl (C=O) groups is 1. The fourth-order valence-electron chi connectivity index (χ4n) is 2.81. The number of carbonyl (C=O) groups excluding carboxylic acids is 1. The third-order valence-electron chi connectivity index (χ3n) is 4.33. The van der Waals surface area contributed by atoms with Crippen molar-refractivity contribution in [3.63, 3.8) is 0 Å². The van der Waals surface area contributed by atoms with Gasteiger partial charge in [-0.25, -0.2) is 0 Å². The van der Waals surface area contributed by atoms with E-state index in [9.17, 15) is 4.79 Å². The van der Waals surface area contributed by atoms with Gasteiger partial charge in [0.1, 0.15) is 0 Å². The minimum absolute atomic E-state index is 0.297. The molecule has 1 fully saturated rings. The predicted octanol–water partition coefficient (Wildman–Crippen LogP) is 1.50. The van der Waals surface area contributed by atoms with E-state index >= 15 is 0 Å². The van der Waals surface area contributed by atoms with Crippen molar-refractivity contribution in [3.8, 4) is 0 Å². The molecule has 2 rings (SSSR count). The number of amides is 1. The molecule has 1 unspecified atom stereocenters. The predicted molar refractivity (Wildman–Crippen MR) is 86.0 cm³/mol. The van der Waals surface area contributed by atoms with Crippen LogP contribution in [0.25, 0.3) is 0 Å². The van der Waals surface area contributed by atoms with Crippen LogP contribution in [0, 0.1) is 0 Å². The van der Waals surface area contributed by atoms with Gasteiger partial charge in [0.25, 0.3) is 0 Å². The maximum Gasteiger partial charge on any atom is 0.222 e. The summed E-state index contributed by atoms with van der Waals surface area (Å²) < 4.78 is 0. The lowest BCUT2D eigenvalue weighted by Crippen LogP contribution is -2.52. The van der Waals surface area contributed by atoms with Gasteiger partial charge in [0, 0.05) is 45.2 Å². The molecule has 1 atom stereocenters. The van der Waals surface area contributed by atoms with E-state index < -0.39 is 0 Å². The quantitative estimate of drug-likeness (QED) is 0.863. The summed E-state index contributed by atoms with van der Waals surface area (Å²) in [7, 11) is 0. The van der Waals surface area contributed by atoms with Gasteiger partial charge in [-0.05, 0) is 25.3 Å². The van der Waals surface area contributed by atoms with E-state index in [0.29, 0.717) is 24.9 Å². The Morgan fingerprint density at radius 2 is 1.86 bits per heavy atom. The van der Waals surface area contributed by atoms with E-state index in [1.54, 1.807) is 0 Å². The van der Waals surface area contributed by atoms with E-state index in [0.717, 1.165) is 39.0 Å². The lowest BCUT2D eigenvalue weighted by Gasteiger charge is -2.37. The number of benzene rings is 1. The van der Waals surface area contributed by atoms with Crippen molar-refractivity contribution in [1.82, 2.24) is 9.80 Å². The van der Waals surface area contributed by atoms with Crippen LogP contribution in [0.2, 0.25) is 0 Å². The van der Waals surface area contributed by atoms with Gasteiger partial charge in [-0.15, -0.1) is 0 Å². The molecule has 4 nitrogen and oxygen atoms in total. The zero-order valence-corrected chi connectivity index (χ0v) is 13.0. The normalized spacial score (nSPS) is 17.7. The number of nitrogens with two attached hydrogens (primary N) is 1. The minimum Gasteiger partial charge on any atom is -0.340 e. The molecule has 21 heavy (non-hydrogen) atoms. The molecule has 0 aromatic heterocycles. The average molecular weight is 289 g/mol. The second-order valence-electron chi connectivity index (χ2n) is 5.84. The first-order valence-electron chi connectivity index (χ1n) is 7.96. The molecule has 1 aliphatic heterocycles. The Hall–Kier alpha value is -1.39.